The third kappa shape index (κ3) is 15.0. The second-order valence-corrected chi connectivity index (χ2v) is 10.9. The molecular formula is C35H39Cl2NOSiTi. The first-order valence-electron chi connectivity index (χ1n) is 13.8. The number of hydrogen-bond donors (Lipinski definition) is 0. The van der Waals surface area contributed by atoms with E-state index < -0.39 is 5.91 Å². The zero-order valence-corrected chi connectivity index (χ0v) is 27.9. The monoisotopic (exact) mass is 635 g/mol. The van der Waals surface area contributed by atoms with Gasteiger partial charge >= 0.3 is 21.7 Å². The van der Waals surface area contributed by atoms with Crippen molar-refractivity contribution in [2.24, 2.45) is 0 Å². The number of nitrogens with one attached hydrogen (secondary N) is 1. The summed E-state index contributed by atoms with van der Waals surface area (Å²) in [6.07, 6.45) is 8.94. The van der Waals surface area contributed by atoms with E-state index >= 15 is 0 Å². The maximum Gasteiger partial charge on any atom is 4.00 e. The van der Waals surface area contributed by atoms with Crippen molar-refractivity contribution in [2.75, 3.05) is 0 Å². The Balaban J connectivity index is 0.000000566. The number of carbonyl (C=O) groups excluding carboxylic acids is 1. The number of hydrogen-bond acceptors (Lipinski definition) is 1. The molecule has 6 heteroatoms. The van der Waals surface area contributed by atoms with Crippen LogP contribution < -0.4 is 35.2 Å². The molecular weight excluding hydrogens is 597 g/mol. The van der Waals surface area contributed by atoms with E-state index in [0.717, 1.165) is 22.4 Å². The molecule has 1 amide bonds. The minimum absolute atomic E-state index is 0. The first-order valence-corrected chi connectivity index (χ1v) is 14.8. The fourth-order valence-electron chi connectivity index (χ4n) is 4.36. The quantitative estimate of drug-likeness (QED) is 0.132. The first kappa shape index (κ1) is 38.7. The van der Waals surface area contributed by atoms with Crippen LogP contribution in [0.25, 0.3) is 27.3 Å². The van der Waals surface area contributed by atoms with Gasteiger partial charge in [-0.15, -0.1) is 39.7 Å². The summed E-state index contributed by atoms with van der Waals surface area (Å²) in [5, 5.41) is 8.19. The minimum atomic E-state index is -0.413. The average Bonchev–Trinajstić information content (AvgIpc) is 3.33. The summed E-state index contributed by atoms with van der Waals surface area (Å²) in [4.78, 5) is 10.2. The number of rotatable bonds is 10. The van der Waals surface area contributed by atoms with Gasteiger partial charge in [0, 0.05) is 5.91 Å². The molecule has 5 aromatic rings. The molecule has 0 saturated heterocycles. The third-order valence-corrected chi connectivity index (χ3v) is 7.61. The molecule has 5 rings (SSSR count). The van der Waals surface area contributed by atoms with Crippen LogP contribution in [-0.4, -0.2) is 15.4 Å². The van der Waals surface area contributed by atoms with Gasteiger partial charge in [-0.2, -0.15) is 0 Å². The van der Waals surface area contributed by atoms with Crippen LogP contribution >= 0.6 is 0 Å². The molecule has 0 aliphatic rings. The fourth-order valence-corrected chi connectivity index (χ4v) is 5.41. The normalized spacial score (nSPS) is 9.59. The molecule has 212 valence electrons. The maximum atomic E-state index is 10.2. The molecule has 0 atom stereocenters. The van der Waals surface area contributed by atoms with Gasteiger partial charge in [0.15, 0.2) is 0 Å². The van der Waals surface area contributed by atoms with Crippen molar-refractivity contribution in [3.63, 3.8) is 0 Å². The average molecular weight is 637 g/mol. The van der Waals surface area contributed by atoms with Gasteiger partial charge in [0.1, 0.15) is 9.52 Å². The molecule has 0 fully saturated rings. The van der Waals surface area contributed by atoms with Gasteiger partial charge < -0.3 is 35.3 Å². The molecule has 41 heavy (non-hydrogen) atoms. The van der Waals surface area contributed by atoms with Crippen LogP contribution in [0.5, 0.6) is 0 Å². The molecule has 0 bridgehead atoms. The number of benzene rings is 4. The predicted octanol–water partition coefficient (Wildman–Crippen LogP) is 2.76. The number of unbranched alkanes of at least 4 members (excludes halogenated alkanes) is 6. The molecule has 0 unspecified atom stereocenters. The van der Waals surface area contributed by atoms with E-state index in [9.17, 15) is 4.79 Å². The molecule has 1 N–H and O–H groups in total. The van der Waals surface area contributed by atoms with Gasteiger partial charge in [0.05, 0.1) is 0 Å². The smallest absolute Gasteiger partial charge is 1.00 e. The molecule has 2 radical (unpaired) electrons. The van der Waals surface area contributed by atoms with Crippen LogP contribution in [0.3, 0.4) is 0 Å². The number of fused-ring (bicyclic) bond motifs is 3. The summed E-state index contributed by atoms with van der Waals surface area (Å²) >= 11 is 0. The summed E-state index contributed by atoms with van der Waals surface area (Å²) in [6.45, 7) is 2.21. The van der Waals surface area contributed by atoms with Crippen LogP contribution in [0, 0.1) is 0 Å². The van der Waals surface area contributed by atoms with Crippen LogP contribution in [0.1, 0.15) is 58.3 Å². The Bertz CT molecular complexity index is 1260. The number of carbonyl (C=O) groups is 1. The Morgan fingerprint density at radius 1 is 0.610 bits per heavy atom. The summed E-state index contributed by atoms with van der Waals surface area (Å²) in [6, 6.07) is 40.4. The Labute approximate surface area is 276 Å². The molecule has 0 spiro atoms. The Morgan fingerprint density at radius 2 is 1.00 bits per heavy atom. The van der Waals surface area contributed by atoms with Crippen molar-refractivity contribution in [1.82, 2.24) is 0 Å². The van der Waals surface area contributed by atoms with Crippen molar-refractivity contribution in [1.29, 1.82) is 0 Å². The molecule has 0 saturated carbocycles. The topological polar surface area (TPSA) is 40.9 Å². The Morgan fingerprint density at radius 3 is 1.44 bits per heavy atom. The van der Waals surface area contributed by atoms with E-state index in [1.807, 2.05) is 0 Å². The summed E-state index contributed by atoms with van der Waals surface area (Å²) in [7, 11) is 0.777. The predicted molar refractivity (Wildman–Crippen MR) is 167 cm³/mol. The molecule has 0 aromatic heterocycles. The first-order chi connectivity index (χ1) is 18.7. The van der Waals surface area contributed by atoms with Gasteiger partial charge in [0.25, 0.3) is 0 Å². The number of amides is 1. The van der Waals surface area contributed by atoms with Crippen molar-refractivity contribution in [3.8, 4) is 0 Å². The second-order valence-electron chi connectivity index (χ2n) is 9.47. The van der Waals surface area contributed by atoms with Crippen LogP contribution in [0.15, 0.2) is 115 Å². The second kappa shape index (κ2) is 23.3. The van der Waals surface area contributed by atoms with E-state index in [1.54, 1.807) is 0 Å². The molecule has 0 aliphatic carbocycles. The van der Waals surface area contributed by atoms with E-state index in [4.69, 9.17) is 5.73 Å². The minimum Gasteiger partial charge on any atom is -1.00 e. The van der Waals surface area contributed by atoms with Gasteiger partial charge in [-0.1, -0.05) is 153 Å². The van der Waals surface area contributed by atoms with Crippen LogP contribution in [0.4, 0.5) is 0 Å². The third-order valence-electron chi connectivity index (χ3n) is 6.37. The Hall–Kier alpha value is -2.27. The zero-order valence-electron chi connectivity index (χ0n) is 23.8. The molecule has 0 aliphatic heterocycles. The summed E-state index contributed by atoms with van der Waals surface area (Å²) in [5.41, 5.74) is 6.69. The van der Waals surface area contributed by atoms with E-state index in [-0.39, 0.29) is 46.5 Å². The van der Waals surface area contributed by atoms with Crippen molar-refractivity contribution >= 4 is 47.3 Å². The van der Waals surface area contributed by atoms with Gasteiger partial charge in [-0.05, 0) is 12.8 Å². The van der Waals surface area contributed by atoms with E-state index in [2.05, 4.69) is 122 Å². The molecule has 0 heterocycles. The van der Waals surface area contributed by atoms with Gasteiger partial charge in [0.2, 0.25) is 0 Å². The van der Waals surface area contributed by atoms with Crippen molar-refractivity contribution in [3.05, 3.63) is 121 Å². The van der Waals surface area contributed by atoms with Crippen molar-refractivity contribution in [2.45, 2.75) is 58.3 Å². The van der Waals surface area contributed by atoms with E-state index in [0.29, 0.717) is 6.42 Å². The summed E-state index contributed by atoms with van der Waals surface area (Å²) < 4.78 is 0. The molecule has 2 nitrogen and oxygen atoms in total. The number of halogens is 2. The van der Waals surface area contributed by atoms with Gasteiger partial charge in [-0.3, -0.25) is 0 Å². The Kier molecular flexibility index (Phi) is 22.0. The standard InChI is InChI=1S/C13H9.C12H10Si.C10H21NO.2ClH.Ti/c1-3-7-12-10(5-1)9-11-6-2-4-8-13(11)12;1-3-7-11(8-4-1)13-12-9-5-2-6-10-12;1-2-3-4-5-6-7-8-9-10(11)12;;;/h1-9H;1-10H;2-9H2,1H3,(H2,11,12);2*1H;/q-1;;;;;+4/p-3. The van der Waals surface area contributed by atoms with Crippen LogP contribution in [-0.2, 0) is 26.5 Å². The van der Waals surface area contributed by atoms with Crippen LogP contribution in [0.2, 0.25) is 0 Å². The summed E-state index contributed by atoms with van der Waals surface area (Å²) in [5.74, 6) is -0.413. The van der Waals surface area contributed by atoms with Crippen molar-refractivity contribution < 1.29 is 51.3 Å². The largest absolute Gasteiger partial charge is 4.00 e. The van der Waals surface area contributed by atoms with E-state index in [1.165, 1.54) is 64.0 Å². The zero-order chi connectivity index (χ0) is 26.8. The SMILES string of the molecule is CCCCCCCCCC([NH-])=O.[Cl-].[Cl-].[Ti+4].c1ccc([Si]c2ccccc2)cc1.c1ccc2c(c1)[cH-]c1ccccc12. The maximum absolute atomic E-state index is 10.2. The fraction of sp³-hybridized carbons (Fsp3) is 0.257. The van der Waals surface area contributed by atoms with Gasteiger partial charge in [-0.25, -0.2) is 0 Å². The molecule has 5 aromatic carbocycles.